The van der Waals surface area contributed by atoms with Crippen molar-refractivity contribution < 1.29 is 19.1 Å². The first-order valence-electron chi connectivity index (χ1n) is 21.0. The summed E-state index contributed by atoms with van der Waals surface area (Å²) in [5, 5.41) is 0. The third-order valence-electron chi connectivity index (χ3n) is 9.58. The van der Waals surface area contributed by atoms with Crippen molar-refractivity contribution in [1.29, 1.82) is 0 Å². The predicted molar refractivity (Wildman–Crippen MR) is 199 cm³/mol. The molecule has 0 N–H and O–H groups in total. The minimum atomic E-state index is -0.0118. The summed E-state index contributed by atoms with van der Waals surface area (Å²) in [5.41, 5.74) is 0. The Morgan fingerprint density at radius 2 is 0.674 bits per heavy atom. The van der Waals surface area contributed by atoms with Gasteiger partial charge in [-0.1, -0.05) is 188 Å². The number of carbonyl (C=O) groups is 2. The van der Waals surface area contributed by atoms with Crippen LogP contribution in [0.25, 0.3) is 0 Å². The van der Waals surface area contributed by atoms with Gasteiger partial charge in [-0.25, -0.2) is 0 Å². The van der Waals surface area contributed by atoms with Crippen LogP contribution in [0, 0.1) is 0 Å². The molecule has 0 aliphatic rings. The molecule has 0 fully saturated rings. The Balaban J connectivity index is 3.94. The second-order valence-corrected chi connectivity index (χ2v) is 14.3. The molecule has 0 radical (unpaired) electrons. The van der Waals surface area contributed by atoms with Crippen molar-refractivity contribution in [3.63, 3.8) is 0 Å². The number of hydrogen-bond donors (Lipinski definition) is 0. The van der Waals surface area contributed by atoms with Gasteiger partial charge in [-0.3, -0.25) is 9.59 Å². The molecule has 0 aliphatic heterocycles. The number of esters is 2. The van der Waals surface area contributed by atoms with Crippen molar-refractivity contribution in [2.75, 3.05) is 6.61 Å². The third kappa shape index (κ3) is 35.8. The maximum Gasteiger partial charge on any atom is 0.306 e. The lowest BCUT2D eigenvalue weighted by molar-refractivity contribution is -0.150. The van der Waals surface area contributed by atoms with E-state index in [-0.39, 0.29) is 18.0 Å². The summed E-state index contributed by atoms with van der Waals surface area (Å²) >= 11 is 0. The minimum Gasteiger partial charge on any atom is -0.466 e. The van der Waals surface area contributed by atoms with Gasteiger partial charge in [0.05, 0.1) is 6.61 Å². The summed E-state index contributed by atoms with van der Waals surface area (Å²) in [7, 11) is 0. The molecular formula is C42H82O4. The van der Waals surface area contributed by atoms with Crippen molar-refractivity contribution in [2.24, 2.45) is 0 Å². The van der Waals surface area contributed by atoms with Gasteiger partial charge < -0.3 is 9.47 Å². The van der Waals surface area contributed by atoms with Crippen molar-refractivity contribution in [2.45, 2.75) is 252 Å². The van der Waals surface area contributed by atoms with E-state index in [0.29, 0.717) is 19.4 Å². The van der Waals surface area contributed by atoms with Crippen LogP contribution in [0.4, 0.5) is 0 Å². The number of ether oxygens (including phenoxy) is 2. The van der Waals surface area contributed by atoms with Gasteiger partial charge in [0.25, 0.3) is 0 Å². The highest BCUT2D eigenvalue weighted by molar-refractivity contribution is 5.69. The molecule has 0 saturated heterocycles. The summed E-state index contributed by atoms with van der Waals surface area (Å²) in [4.78, 5) is 24.6. The third-order valence-corrected chi connectivity index (χ3v) is 9.58. The topological polar surface area (TPSA) is 52.6 Å². The van der Waals surface area contributed by atoms with Crippen LogP contribution in [-0.2, 0) is 19.1 Å². The van der Waals surface area contributed by atoms with Crippen LogP contribution in [0.3, 0.4) is 0 Å². The first-order chi connectivity index (χ1) is 22.6. The zero-order valence-electron chi connectivity index (χ0n) is 31.7. The van der Waals surface area contributed by atoms with E-state index in [4.69, 9.17) is 9.47 Å². The van der Waals surface area contributed by atoms with Crippen LogP contribution in [0.15, 0.2) is 0 Å². The van der Waals surface area contributed by atoms with E-state index in [1.807, 2.05) is 0 Å². The molecule has 0 rings (SSSR count). The van der Waals surface area contributed by atoms with Crippen LogP contribution in [0.2, 0.25) is 0 Å². The van der Waals surface area contributed by atoms with Crippen molar-refractivity contribution >= 4 is 11.9 Å². The predicted octanol–water partition coefficient (Wildman–Crippen LogP) is 14.2. The molecule has 4 nitrogen and oxygen atoms in total. The van der Waals surface area contributed by atoms with Crippen LogP contribution < -0.4 is 0 Å². The summed E-state index contributed by atoms with van der Waals surface area (Å²) in [6, 6.07) is 0. The Labute approximate surface area is 288 Å². The van der Waals surface area contributed by atoms with E-state index < -0.39 is 0 Å². The Bertz CT molecular complexity index is 619. The number of hydrogen-bond acceptors (Lipinski definition) is 4. The van der Waals surface area contributed by atoms with E-state index in [0.717, 1.165) is 57.8 Å². The van der Waals surface area contributed by atoms with Gasteiger partial charge in [0, 0.05) is 12.8 Å². The van der Waals surface area contributed by atoms with Gasteiger partial charge in [-0.2, -0.15) is 0 Å². The van der Waals surface area contributed by atoms with Crippen LogP contribution in [0.5, 0.6) is 0 Å². The lowest BCUT2D eigenvalue weighted by Crippen LogP contribution is -2.18. The molecule has 1 unspecified atom stereocenters. The fraction of sp³-hybridized carbons (Fsp3) is 0.952. The highest BCUT2D eigenvalue weighted by atomic mass is 16.5. The Morgan fingerprint density at radius 3 is 1.07 bits per heavy atom. The molecule has 0 aliphatic carbocycles. The van der Waals surface area contributed by atoms with Crippen LogP contribution >= 0.6 is 0 Å². The lowest BCUT2D eigenvalue weighted by Gasteiger charge is -2.18. The fourth-order valence-corrected chi connectivity index (χ4v) is 6.44. The van der Waals surface area contributed by atoms with E-state index in [9.17, 15) is 9.59 Å². The number of rotatable bonds is 38. The molecule has 1 atom stereocenters. The average Bonchev–Trinajstić information content (AvgIpc) is 3.05. The van der Waals surface area contributed by atoms with E-state index in [1.165, 1.54) is 154 Å². The van der Waals surface area contributed by atoms with Gasteiger partial charge in [0.15, 0.2) is 0 Å². The van der Waals surface area contributed by atoms with Gasteiger partial charge in [0.2, 0.25) is 0 Å². The van der Waals surface area contributed by atoms with Crippen molar-refractivity contribution in [3.05, 3.63) is 0 Å². The van der Waals surface area contributed by atoms with Gasteiger partial charge in [-0.05, 0) is 44.9 Å². The summed E-state index contributed by atoms with van der Waals surface area (Å²) in [6.07, 6.45) is 42.2. The van der Waals surface area contributed by atoms with Crippen molar-refractivity contribution in [1.82, 2.24) is 0 Å². The molecule has 274 valence electrons. The molecule has 0 aromatic carbocycles. The molecular weight excluding hydrogens is 568 g/mol. The zero-order valence-corrected chi connectivity index (χ0v) is 31.7. The molecule has 4 heteroatoms. The number of unbranched alkanes of at least 4 members (excludes halogenated alkanes) is 27. The van der Waals surface area contributed by atoms with Gasteiger partial charge >= 0.3 is 11.9 Å². The smallest absolute Gasteiger partial charge is 0.306 e. The monoisotopic (exact) mass is 651 g/mol. The second kappa shape index (κ2) is 38.4. The molecule has 0 saturated carbocycles. The highest BCUT2D eigenvalue weighted by Crippen LogP contribution is 2.19. The molecule has 0 spiro atoms. The second-order valence-electron chi connectivity index (χ2n) is 14.3. The summed E-state index contributed by atoms with van der Waals surface area (Å²) < 4.78 is 11.5. The first kappa shape index (κ1) is 44.9. The Morgan fingerprint density at radius 1 is 0.370 bits per heavy atom. The molecule has 0 heterocycles. The molecule has 0 aromatic rings. The maximum absolute atomic E-state index is 12.6. The van der Waals surface area contributed by atoms with Gasteiger partial charge in [0.1, 0.15) is 6.10 Å². The fourth-order valence-electron chi connectivity index (χ4n) is 6.44. The highest BCUT2D eigenvalue weighted by Gasteiger charge is 2.14. The summed E-state index contributed by atoms with van der Waals surface area (Å²) in [6.45, 7) is 7.37. The standard InChI is InChI=1S/C42H82O4/c1-4-7-10-13-16-18-21-27-32-37-41(43)45-39-34-29-24-23-26-31-36-40(35-30-25-20-15-12-9-6-3)46-42(44)38-33-28-22-19-17-14-11-8-5-2/h40H,4-39H2,1-3H3. The maximum atomic E-state index is 12.6. The zero-order chi connectivity index (χ0) is 33.6. The normalized spacial score (nSPS) is 12.0. The van der Waals surface area contributed by atoms with Crippen LogP contribution in [0.1, 0.15) is 245 Å². The Kier molecular flexibility index (Phi) is 37.5. The van der Waals surface area contributed by atoms with E-state index in [1.54, 1.807) is 0 Å². The van der Waals surface area contributed by atoms with Crippen molar-refractivity contribution in [3.8, 4) is 0 Å². The largest absolute Gasteiger partial charge is 0.466 e. The SMILES string of the molecule is CCCCCCCCCCCC(=O)OCCCCCCCCC(CCCCCCCCC)OC(=O)CCCCCCCCCCC. The minimum absolute atomic E-state index is 0.0118. The lowest BCUT2D eigenvalue weighted by atomic mass is 10.0. The van der Waals surface area contributed by atoms with Gasteiger partial charge in [-0.15, -0.1) is 0 Å². The molecule has 46 heavy (non-hydrogen) atoms. The molecule has 0 amide bonds. The molecule has 0 bridgehead atoms. The first-order valence-corrected chi connectivity index (χ1v) is 21.0. The molecule has 0 aromatic heterocycles. The van der Waals surface area contributed by atoms with E-state index in [2.05, 4.69) is 20.8 Å². The van der Waals surface area contributed by atoms with E-state index >= 15 is 0 Å². The average molecular weight is 651 g/mol. The quantitative estimate of drug-likeness (QED) is 0.0493. The summed E-state index contributed by atoms with van der Waals surface area (Å²) in [5.74, 6) is 0.0190. The Hall–Kier alpha value is -1.06. The van der Waals surface area contributed by atoms with Crippen LogP contribution in [-0.4, -0.2) is 24.6 Å². The number of carbonyl (C=O) groups excluding carboxylic acids is 2.